The summed E-state index contributed by atoms with van der Waals surface area (Å²) in [6.07, 6.45) is 0.745. The standard InChI is InChI=1S/C32H43N3O9S/c1-6-21-12-32(21,29(38)33-45(40,41)23-7-8-23)13-25(36)24-11-22(16-35(24)28(37)18(2)31(3,4)5)44-30(39)34-14-19-9-26-27(43-17-42-26)10-20(19)15-34/h9-10,18,21-24H,6-8,11-17H2,1-5H3,(H,33,38)/t18-,21+,22-,24?,32+/m1/s1. The van der Waals surface area contributed by atoms with Gasteiger partial charge in [-0.1, -0.05) is 41.0 Å². The molecule has 0 bridgehead atoms. The number of ether oxygens (including phenoxy) is 3. The first-order chi connectivity index (χ1) is 21.1. The smallest absolute Gasteiger partial charge is 0.410 e. The van der Waals surface area contributed by atoms with E-state index in [-0.39, 0.29) is 49.2 Å². The normalized spacial score (nSPS) is 27.6. The van der Waals surface area contributed by atoms with Crippen molar-refractivity contribution in [2.75, 3.05) is 13.3 Å². The lowest BCUT2D eigenvalue weighted by Gasteiger charge is -2.33. The van der Waals surface area contributed by atoms with E-state index in [1.165, 1.54) is 4.90 Å². The van der Waals surface area contributed by atoms with Gasteiger partial charge in [-0.15, -0.1) is 0 Å². The summed E-state index contributed by atoms with van der Waals surface area (Å²) in [7, 11) is -3.77. The first kappa shape index (κ1) is 31.6. The highest BCUT2D eigenvalue weighted by atomic mass is 32.2. The van der Waals surface area contributed by atoms with Crippen LogP contribution in [0, 0.1) is 22.7 Å². The van der Waals surface area contributed by atoms with Crippen molar-refractivity contribution in [2.24, 2.45) is 22.7 Å². The van der Waals surface area contributed by atoms with Crippen LogP contribution in [-0.2, 0) is 42.2 Å². The number of hydrogen-bond acceptors (Lipinski definition) is 9. The zero-order chi connectivity index (χ0) is 32.5. The highest BCUT2D eigenvalue weighted by Gasteiger charge is 2.61. The number of ketones is 1. The Morgan fingerprint density at radius 2 is 1.71 bits per heavy atom. The molecule has 2 aliphatic carbocycles. The van der Waals surface area contributed by atoms with E-state index in [9.17, 15) is 27.6 Å². The lowest BCUT2D eigenvalue weighted by atomic mass is 9.81. The summed E-state index contributed by atoms with van der Waals surface area (Å²) in [5.41, 5.74) is 0.376. The number of likely N-dealkylation sites (tertiary alicyclic amines) is 1. The maximum Gasteiger partial charge on any atom is 0.410 e. The van der Waals surface area contributed by atoms with Crippen molar-refractivity contribution in [2.45, 2.75) is 104 Å². The lowest BCUT2D eigenvalue weighted by Crippen LogP contribution is -2.47. The Hall–Kier alpha value is -3.35. The number of nitrogens with one attached hydrogen (secondary N) is 1. The summed E-state index contributed by atoms with van der Waals surface area (Å²) in [4.78, 5) is 57.5. The summed E-state index contributed by atoms with van der Waals surface area (Å²) in [6, 6.07) is 2.84. The molecule has 5 aliphatic rings. The second-order valence-electron chi connectivity index (χ2n) is 14.4. The van der Waals surface area contributed by atoms with E-state index in [4.69, 9.17) is 14.2 Å². The number of fused-ring (bicyclic) bond motifs is 2. The van der Waals surface area contributed by atoms with Gasteiger partial charge in [0.25, 0.3) is 0 Å². The molecular formula is C32H43N3O9S. The Bertz CT molecular complexity index is 1500. The largest absolute Gasteiger partial charge is 0.454 e. The van der Waals surface area contributed by atoms with Crippen molar-refractivity contribution in [3.05, 3.63) is 23.3 Å². The van der Waals surface area contributed by atoms with Crippen molar-refractivity contribution in [1.82, 2.24) is 14.5 Å². The van der Waals surface area contributed by atoms with E-state index < -0.39 is 50.8 Å². The molecule has 1 aromatic carbocycles. The number of Topliss-reactive ketones (excluding diaryl/α,β-unsaturated/α-hetero) is 1. The van der Waals surface area contributed by atoms with E-state index in [0.717, 1.165) is 11.1 Å². The van der Waals surface area contributed by atoms with Crippen LogP contribution in [0.3, 0.4) is 0 Å². The molecule has 1 saturated heterocycles. The van der Waals surface area contributed by atoms with Gasteiger partial charge in [0.2, 0.25) is 28.6 Å². The summed E-state index contributed by atoms with van der Waals surface area (Å²) >= 11 is 0. The molecule has 0 aromatic heterocycles. The molecule has 1 N–H and O–H groups in total. The summed E-state index contributed by atoms with van der Waals surface area (Å²) in [6.45, 7) is 10.5. The third kappa shape index (κ3) is 5.99. The minimum atomic E-state index is -3.77. The molecule has 1 unspecified atom stereocenters. The van der Waals surface area contributed by atoms with Gasteiger partial charge in [0.05, 0.1) is 23.3 Å². The predicted molar refractivity (Wildman–Crippen MR) is 161 cm³/mol. The van der Waals surface area contributed by atoms with Gasteiger partial charge in [-0.25, -0.2) is 13.2 Å². The van der Waals surface area contributed by atoms with E-state index in [0.29, 0.717) is 50.3 Å². The van der Waals surface area contributed by atoms with Gasteiger partial charge in [-0.05, 0) is 53.9 Å². The Labute approximate surface area is 264 Å². The molecular weight excluding hydrogens is 602 g/mol. The number of nitrogens with zero attached hydrogens (tertiary/aromatic N) is 2. The molecule has 246 valence electrons. The molecule has 12 nitrogen and oxygen atoms in total. The molecule has 13 heteroatoms. The van der Waals surface area contributed by atoms with E-state index in [1.807, 2.05) is 46.8 Å². The fourth-order valence-corrected chi connectivity index (χ4v) is 8.18. The average molecular weight is 646 g/mol. The highest BCUT2D eigenvalue weighted by molar-refractivity contribution is 7.90. The second kappa shape index (κ2) is 11.2. The Balaban J connectivity index is 1.16. The van der Waals surface area contributed by atoms with Crippen LogP contribution in [-0.4, -0.2) is 72.6 Å². The number of amides is 3. The Morgan fingerprint density at radius 1 is 1.09 bits per heavy atom. The van der Waals surface area contributed by atoms with E-state index in [1.54, 1.807) is 4.90 Å². The summed E-state index contributed by atoms with van der Waals surface area (Å²) in [5.74, 6) is -0.445. The van der Waals surface area contributed by atoms with Crippen molar-refractivity contribution in [3.8, 4) is 11.5 Å². The first-order valence-electron chi connectivity index (χ1n) is 15.9. The van der Waals surface area contributed by atoms with Crippen LogP contribution in [0.15, 0.2) is 12.1 Å². The minimum absolute atomic E-state index is 0.0601. The monoisotopic (exact) mass is 645 g/mol. The summed E-state index contributed by atoms with van der Waals surface area (Å²) in [5, 5.41) is -0.559. The molecule has 1 aromatic rings. The number of carbonyl (C=O) groups excluding carboxylic acids is 4. The van der Waals surface area contributed by atoms with Gasteiger partial charge in [-0.3, -0.25) is 24.0 Å². The second-order valence-corrected chi connectivity index (χ2v) is 16.4. The van der Waals surface area contributed by atoms with Gasteiger partial charge in [-0.2, -0.15) is 0 Å². The zero-order valence-corrected chi connectivity index (χ0v) is 27.4. The third-order valence-electron chi connectivity index (χ3n) is 10.4. The van der Waals surface area contributed by atoms with Crippen LogP contribution in [0.1, 0.15) is 84.3 Å². The van der Waals surface area contributed by atoms with Crippen LogP contribution in [0.4, 0.5) is 4.79 Å². The topological polar surface area (TPSA) is 149 Å². The maximum absolute atomic E-state index is 14.0. The SMILES string of the molecule is CC[C@H]1C[C@@]1(CC(=O)C1C[C@@H](OC(=O)N2Cc3cc4c(cc3C2)OCO4)CN1C(=O)[C@@H](C)C(C)(C)C)C(=O)NS(=O)(=O)C1CC1. The fraction of sp³-hybridized carbons (Fsp3) is 0.688. The van der Waals surface area contributed by atoms with Crippen molar-refractivity contribution < 1.29 is 41.8 Å². The molecule has 5 atom stereocenters. The molecule has 3 amide bonds. The number of hydrogen-bond donors (Lipinski definition) is 1. The minimum Gasteiger partial charge on any atom is -0.454 e. The van der Waals surface area contributed by atoms with Gasteiger partial charge in [0.1, 0.15) is 6.10 Å². The van der Waals surface area contributed by atoms with Crippen LogP contribution >= 0.6 is 0 Å². The predicted octanol–water partition coefficient (Wildman–Crippen LogP) is 3.50. The molecule has 45 heavy (non-hydrogen) atoms. The summed E-state index contributed by atoms with van der Waals surface area (Å²) < 4.78 is 44.2. The fourth-order valence-electron chi connectivity index (χ4n) is 6.80. The number of sulfonamides is 1. The molecule has 2 saturated carbocycles. The third-order valence-corrected chi connectivity index (χ3v) is 12.2. The molecule has 0 spiro atoms. The van der Waals surface area contributed by atoms with E-state index in [2.05, 4.69) is 4.72 Å². The Kier molecular flexibility index (Phi) is 7.85. The first-order valence-corrected chi connectivity index (χ1v) is 17.4. The number of rotatable bonds is 9. The van der Waals surface area contributed by atoms with Crippen molar-refractivity contribution in [3.63, 3.8) is 0 Å². The maximum atomic E-state index is 14.0. The highest BCUT2D eigenvalue weighted by Crippen LogP contribution is 2.58. The quantitative estimate of drug-likeness (QED) is 0.426. The van der Waals surface area contributed by atoms with Crippen LogP contribution in [0.2, 0.25) is 0 Å². The van der Waals surface area contributed by atoms with Gasteiger partial charge in [0.15, 0.2) is 17.3 Å². The Morgan fingerprint density at radius 3 is 2.24 bits per heavy atom. The number of benzene rings is 1. The number of carbonyl (C=O) groups is 4. The molecule has 3 heterocycles. The average Bonchev–Trinajstić information content (AvgIpc) is 3.80. The van der Waals surface area contributed by atoms with Crippen LogP contribution < -0.4 is 14.2 Å². The molecule has 0 radical (unpaired) electrons. The van der Waals surface area contributed by atoms with Gasteiger partial charge >= 0.3 is 6.09 Å². The van der Waals surface area contributed by atoms with Crippen molar-refractivity contribution >= 4 is 33.7 Å². The lowest BCUT2D eigenvalue weighted by molar-refractivity contribution is -0.144. The zero-order valence-electron chi connectivity index (χ0n) is 26.6. The van der Waals surface area contributed by atoms with Crippen LogP contribution in [0.25, 0.3) is 0 Å². The van der Waals surface area contributed by atoms with Crippen molar-refractivity contribution in [1.29, 1.82) is 0 Å². The molecule has 3 fully saturated rings. The molecule has 6 rings (SSSR count). The van der Waals surface area contributed by atoms with Gasteiger partial charge < -0.3 is 19.1 Å². The van der Waals surface area contributed by atoms with Gasteiger partial charge in [0, 0.05) is 31.8 Å². The van der Waals surface area contributed by atoms with Crippen LogP contribution in [0.5, 0.6) is 11.5 Å². The molecule has 3 aliphatic heterocycles. The van der Waals surface area contributed by atoms with E-state index >= 15 is 0 Å².